The number of para-hydroxylation sites is 1. The van der Waals surface area contributed by atoms with Gasteiger partial charge in [-0.05, 0) is 48.6 Å². The van der Waals surface area contributed by atoms with Crippen molar-refractivity contribution in [1.29, 1.82) is 0 Å². The molecule has 0 saturated carbocycles. The Balaban J connectivity index is 1.61. The van der Waals surface area contributed by atoms with Crippen LogP contribution in [-0.2, 0) is 22.8 Å². The van der Waals surface area contributed by atoms with Gasteiger partial charge in [-0.2, -0.15) is 0 Å². The minimum atomic E-state index is -3.20. The van der Waals surface area contributed by atoms with Crippen molar-refractivity contribution in [2.24, 2.45) is 4.99 Å². The van der Waals surface area contributed by atoms with Crippen LogP contribution in [-0.4, -0.2) is 38.7 Å². The van der Waals surface area contributed by atoms with Crippen LogP contribution in [0.1, 0.15) is 23.7 Å². The summed E-state index contributed by atoms with van der Waals surface area (Å²) in [6.45, 7) is 5.84. The molecule has 1 aromatic heterocycles. The Labute approximate surface area is 172 Å². The zero-order valence-electron chi connectivity index (χ0n) is 17.1. The summed E-state index contributed by atoms with van der Waals surface area (Å²) < 4.78 is 23.5. The Bertz CT molecular complexity index is 1080. The van der Waals surface area contributed by atoms with Crippen LogP contribution in [0.2, 0.25) is 0 Å². The third kappa shape index (κ3) is 5.60. The number of aryl methyl sites for hydroxylation is 1. The number of rotatable bonds is 7. The molecule has 0 atom stereocenters. The number of aromatic nitrogens is 1. The fraction of sp³-hybridized carbons (Fsp3) is 0.318. The molecule has 0 aliphatic heterocycles. The van der Waals surface area contributed by atoms with Crippen LogP contribution in [0.25, 0.3) is 10.9 Å². The molecule has 3 rings (SSSR count). The van der Waals surface area contributed by atoms with Gasteiger partial charge in [-0.3, -0.25) is 0 Å². The fourth-order valence-corrected chi connectivity index (χ4v) is 4.28. The van der Waals surface area contributed by atoms with Crippen molar-refractivity contribution >= 4 is 26.7 Å². The first-order chi connectivity index (χ1) is 13.9. The predicted molar refractivity (Wildman–Crippen MR) is 119 cm³/mol. The van der Waals surface area contributed by atoms with Crippen LogP contribution < -0.4 is 10.6 Å². The van der Waals surface area contributed by atoms with Gasteiger partial charge in [-0.25, -0.2) is 13.4 Å². The first-order valence-corrected chi connectivity index (χ1v) is 11.6. The van der Waals surface area contributed by atoms with E-state index in [9.17, 15) is 8.42 Å². The SMILES string of the molecule is CCNC(=NCc1ccc(S(C)(=O)=O)c(C)c1)NCCc1cc2ccccc2[nH]1. The molecule has 0 unspecified atom stereocenters. The van der Waals surface area contributed by atoms with E-state index in [0.29, 0.717) is 11.4 Å². The highest BCUT2D eigenvalue weighted by molar-refractivity contribution is 7.90. The lowest BCUT2D eigenvalue weighted by atomic mass is 10.1. The molecule has 3 N–H and O–H groups in total. The highest BCUT2D eigenvalue weighted by Gasteiger charge is 2.10. The molecule has 0 spiro atoms. The summed E-state index contributed by atoms with van der Waals surface area (Å²) in [5, 5.41) is 7.82. The summed E-state index contributed by atoms with van der Waals surface area (Å²) in [6, 6.07) is 15.8. The molecule has 154 valence electrons. The van der Waals surface area contributed by atoms with Gasteiger partial charge in [0.2, 0.25) is 0 Å². The van der Waals surface area contributed by atoms with Crippen molar-refractivity contribution in [3.63, 3.8) is 0 Å². The second-order valence-corrected chi connectivity index (χ2v) is 9.11. The van der Waals surface area contributed by atoms with Gasteiger partial charge in [0.25, 0.3) is 0 Å². The van der Waals surface area contributed by atoms with Crippen LogP contribution in [0.15, 0.2) is 58.4 Å². The Morgan fingerprint density at radius 1 is 1.10 bits per heavy atom. The zero-order chi connectivity index (χ0) is 20.9. The number of H-pyrrole nitrogens is 1. The Kier molecular flexibility index (Phi) is 6.59. The van der Waals surface area contributed by atoms with E-state index in [1.54, 1.807) is 6.07 Å². The van der Waals surface area contributed by atoms with E-state index in [4.69, 9.17) is 0 Å². The second kappa shape index (κ2) is 9.13. The van der Waals surface area contributed by atoms with Crippen molar-refractivity contribution in [2.45, 2.75) is 31.7 Å². The predicted octanol–water partition coefficient (Wildman–Crippen LogP) is 3.18. The number of guanidine groups is 1. The van der Waals surface area contributed by atoms with E-state index >= 15 is 0 Å². The molecule has 3 aromatic rings. The number of sulfone groups is 1. The van der Waals surface area contributed by atoms with E-state index in [-0.39, 0.29) is 0 Å². The normalized spacial score (nSPS) is 12.3. The van der Waals surface area contributed by atoms with Crippen molar-refractivity contribution in [1.82, 2.24) is 15.6 Å². The maximum atomic E-state index is 11.8. The first-order valence-electron chi connectivity index (χ1n) is 9.75. The standard InChI is InChI=1S/C22H28N4O2S/c1-4-23-22(24-12-11-19-14-18-7-5-6-8-20(18)26-19)25-15-17-9-10-21(16(2)13-17)29(3,27)28/h5-10,13-14,26H,4,11-12,15H2,1-3H3,(H2,23,24,25). The number of aromatic amines is 1. The van der Waals surface area contributed by atoms with E-state index in [0.717, 1.165) is 42.1 Å². The van der Waals surface area contributed by atoms with Crippen molar-refractivity contribution < 1.29 is 8.42 Å². The van der Waals surface area contributed by atoms with Crippen molar-refractivity contribution in [3.8, 4) is 0 Å². The fourth-order valence-electron chi connectivity index (χ4n) is 3.32. The topological polar surface area (TPSA) is 86.3 Å². The van der Waals surface area contributed by atoms with Crippen LogP contribution in [0.4, 0.5) is 0 Å². The van der Waals surface area contributed by atoms with Gasteiger partial charge in [0.05, 0.1) is 11.4 Å². The molecular weight excluding hydrogens is 384 g/mol. The largest absolute Gasteiger partial charge is 0.358 e. The molecule has 7 heteroatoms. The summed E-state index contributed by atoms with van der Waals surface area (Å²) in [4.78, 5) is 8.43. The van der Waals surface area contributed by atoms with Crippen molar-refractivity contribution in [2.75, 3.05) is 19.3 Å². The first kappa shape index (κ1) is 20.9. The highest BCUT2D eigenvalue weighted by Crippen LogP contribution is 2.17. The lowest BCUT2D eigenvalue weighted by Crippen LogP contribution is -2.38. The third-order valence-electron chi connectivity index (χ3n) is 4.68. The van der Waals surface area contributed by atoms with E-state index in [1.807, 2.05) is 38.1 Å². The average Bonchev–Trinajstić information content (AvgIpc) is 3.08. The number of nitrogens with one attached hydrogen (secondary N) is 3. The van der Waals surface area contributed by atoms with Gasteiger partial charge < -0.3 is 15.6 Å². The number of benzene rings is 2. The molecule has 0 radical (unpaired) electrons. The number of fused-ring (bicyclic) bond motifs is 1. The summed E-state index contributed by atoms with van der Waals surface area (Å²) in [7, 11) is -3.20. The number of hydrogen-bond acceptors (Lipinski definition) is 3. The van der Waals surface area contributed by atoms with Crippen molar-refractivity contribution in [3.05, 3.63) is 65.4 Å². The molecule has 0 amide bonds. The molecule has 0 fully saturated rings. The maximum absolute atomic E-state index is 11.8. The van der Waals surface area contributed by atoms with Crippen LogP contribution >= 0.6 is 0 Å². The molecule has 2 aromatic carbocycles. The van der Waals surface area contributed by atoms with Crippen LogP contribution in [0.5, 0.6) is 0 Å². The summed E-state index contributed by atoms with van der Waals surface area (Å²) in [5.41, 5.74) is 4.05. The zero-order valence-corrected chi connectivity index (χ0v) is 17.9. The number of nitrogens with zero attached hydrogens (tertiary/aromatic N) is 1. The Morgan fingerprint density at radius 3 is 2.59 bits per heavy atom. The summed E-state index contributed by atoms with van der Waals surface area (Å²) in [5.74, 6) is 0.744. The molecule has 0 aliphatic carbocycles. The van der Waals surface area contributed by atoms with Gasteiger partial charge in [-0.1, -0.05) is 30.3 Å². The minimum absolute atomic E-state index is 0.369. The molecule has 6 nitrogen and oxygen atoms in total. The van der Waals surface area contributed by atoms with Crippen LogP contribution in [0, 0.1) is 6.92 Å². The molecule has 29 heavy (non-hydrogen) atoms. The van der Waals surface area contributed by atoms with Gasteiger partial charge in [0.1, 0.15) is 0 Å². The lowest BCUT2D eigenvalue weighted by molar-refractivity contribution is 0.601. The third-order valence-corrected chi connectivity index (χ3v) is 5.93. The quantitative estimate of drug-likeness (QED) is 0.411. The van der Waals surface area contributed by atoms with Gasteiger partial charge in [0.15, 0.2) is 15.8 Å². The second-order valence-electron chi connectivity index (χ2n) is 7.13. The van der Waals surface area contributed by atoms with Gasteiger partial charge in [-0.15, -0.1) is 0 Å². The Morgan fingerprint density at radius 2 is 1.90 bits per heavy atom. The Hall–Kier alpha value is -2.80. The average molecular weight is 413 g/mol. The summed E-state index contributed by atoms with van der Waals surface area (Å²) >= 11 is 0. The summed E-state index contributed by atoms with van der Waals surface area (Å²) in [6.07, 6.45) is 2.09. The monoisotopic (exact) mass is 412 g/mol. The maximum Gasteiger partial charge on any atom is 0.191 e. The minimum Gasteiger partial charge on any atom is -0.358 e. The molecule has 1 heterocycles. The molecule has 0 aliphatic rings. The van der Waals surface area contributed by atoms with Gasteiger partial charge >= 0.3 is 0 Å². The molecule has 0 saturated heterocycles. The number of hydrogen-bond donors (Lipinski definition) is 3. The highest BCUT2D eigenvalue weighted by atomic mass is 32.2. The molecular formula is C22H28N4O2S. The van der Waals surface area contributed by atoms with E-state index in [1.165, 1.54) is 17.3 Å². The number of aliphatic imine (C=N–C) groups is 1. The smallest absolute Gasteiger partial charge is 0.191 e. The lowest BCUT2D eigenvalue weighted by Gasteiger charge is -2.11. The molecule has 0 bridgehead atoms. The van der Waals surface area contributed by atoms with Gasteiger partial charge in [0, 0.05) is 37.0 Å². The van der Waals surface area contributed by atoms with E-state index in [2.05, 4.69) is 38.8 Å². The van der Waals surface area contributed by atoms with Crippen LogP contribution in [0.3, 0.4) is 0 Å². The van der Waals surface area contributed by atoms with E-state index < -0.39 is 9.84 Å².